The number of nitrogens with two attached hydrogens (primary N) is 1. The maximum atomic E-state index is 11.1. The number of aromatic nitrogens is 3. The molecule has 0 unspecified atom stereocenters. The fourth-order valence-electron chi connectivity index (χ4n) is 1.76. The molecule has 0 radical (unpaired) electrons. The van der Waals surface area contributed by atoms with Gasteiger partial charge in [-0.3, -0.25) is 4.79 Å². The summed E-state index contributed by atoms with van der Waals surface area (Å²) in [7, 11) is 0. The van der Waals surface area contributed by atoms with Gasteiger partial charge in [0.1, 0.15) is 0 Å². The molecule has 1 aromatic heterocycles. The average molecular weight is 210 g/mol. The Morgan fingerprint density at radius 2 is 2.00 bits per heavy atom. The number of nitrogens with zero attached hydrogens (tertiary/aromatic N) is 3. The van der Waals surface area contributed by atoms with Crippen molar-refractivity contribution in [1.29, 1.82) is 0 Å². The smallest absolute Gasteiger partial charge is 0.271 e. The topological polar surface area (TPSA) is 73.8 Å². The highest BCUT2D eigenvalue weighted by molar-refractivity contribution is 5.91. The van der Waals surface area contributed by atoms with Crippen molar-refractivity contribution in [3.8, 4) is 0 Å². The number of carbonyl (C=O) groups is 1. The van der Waals surface area contributed by atoms with Crippen LogP contribution in [-0.2, 0) is 6.42 Å². The standard InChI is InChI=1S/C10H18N4O/c1-4-7(5-2)14-8(6-3)9(10(11)15)12-13-14/h7H,4-6H2,1-3H3,(H2,11,15). The first kappa shape index (κ1) is 11.7. The second-order valence-electron chi connectivity index (χ2n) is 3.52. The van der Waals surface area contributed by atoms with E-state index in [1.807, 2.05) is 11.6 Å². The quantitative estimate of drug-likeness (QED) is 0.796. The third-order valence-corrected chi connectivity index (χ3v) is 2.65. The van der Waals surface area contributed by atoms with Crippen LogP contribution in [0.4, 0.5) is 0 Å². The molecule has 0 aromatic carbocycles. The number of carbonyl (C=O) groups excluding carboxylic acids is 1. The summed E-state index contributed by atoms with van der Waals surface area (Å²) in [5.41, 5.74) is 6.39. The average Bonchev–Trinajstić information content (AvgIpc) is 2.63. The van der Waals surface area contributed by atoms with Gasteiger partial charge in [-0.25, -0.2) is 4.68 Å². The highest BCUT2D eigenvalue weighted by Gasteiger charge is 2.19. The van der Waals surface area contributed by atoms with Gasteiger partial charge in [0.25, 0.3) is 5.91 Å². The Morgan fingerprint density at radius 1 is 1.40 bits per heavy atom. The minimum atomic E-state index is -0.496. The van der Waals surface area contributed by atoms with Gasteiger partial charge in [0, 0.05) is 0 Å². The lowest BCUT2D eigenvalue weighted by Gasteiger charge is -2.14. The minimum Gasteiger partial charge on any atom is -0.364 e. The van der Waals surface area contributed by atoms with Gasteiger partial charge in [0.15, 0.2) is 5.69 Å². The van der Waals surface area contributed by atoms with Crippen LogP contribution in [-0.4, -0.2) is 20.9 Å². The van der Waals surface area contributed by atoms with Crippen molar-refractivity contribution in [2.75, 3.05) is 0 Å². The highest BCUT2D eigenvalue weighted by atomic mass is 16.1. The lowest BCUT2D eigenvalue weighted by Crippen LogP contribution is -2.16. The molecule has 5 heteroatoms. The summed E-state index contributed by atoms with van der Waals surface area (Å²) in [4.78, 5) is 11.1. The van der Waals surface area contributed by atoms with E-state index < -0.39 is 5.91 Å². The zero-order valence-electron chi connectivity index (χ0n) is 9.53. The molecular weight excluding hydrogens is 192 g/mol. The van der Waals surface area contributed by atoms with Gasteiger partial charge >= 0.3 is 0 Å². The molecule has 1 rings (SSSR count). The van der Waals surface area contributed by atoms with E-state index in [1.54, 1.807) is 0 Å². The van der Waals surface area contributed by atoms with E-state index in [2.05, 4.69) is 24.2 Å². The molecule has 0 aliphatic carbocycles. The van der Waals surface area contributed by atoms with Gasteiger partial charge in [-0.2, -0.15) is 0 Å². The molecule has 84 valence electrons. The highest BCUT2D eigenvalue weighted by Crippen LogP contribution is 2.18. The first-order valence-electron chi connectivity index (χ1n) is 5.39. The van der Waals surface area contributed by atoms with E-state index in [1.165, 1.54) is 0 Å². The molecule has 0 bridgehead atoms. The van der Waals surface area contributed by atoms with Crippen molar-refractivity contribution < 1.29 is 4.79 Å². The number of amides is 1. The Kier molecular flexibility index (Phi) is 3.82. The van der Waals surface area contributed by atoms with Crippen LogP contribution in [0.1, 0.15) is 55.8 Å². The van der Waals surface area contributed by atoms with Crippen LogP contribution < -0.4 is 5.73 Å². The molecule has 1 amide bonds. The Hall–Kier alpha value is -1.39. The predicted molar refractivity (Wildman–Crippen MR) is 57.5 cm³/mol. The Morgan fingerprint density at radius 3 is 2.40 bits per heavy atom. The molecule has 1 heterocycles. The van der Waals surface area contributed by atoms with Crippen LogP contribution in [0.3, 0.4) is 0 Å². The maximum Gasteiger partial charge on any atom is 0.271 e. The SMILES string of the molecule is CCc1c(C(N)=O)nnn1C(CC)CC. The van der Waals surface area contributed by atoms with E-state index in [0.717, 1.165) is 25.0 Å². The van der Waals surface area contributed by atoms with E-state index in [9.17, 15) is 4.79 Å². The molecule has 2 N–H and O–H groups in total. The van der Waals surface area contributed by atoms with Gasteiger partial charge in [-0.1, -0.05) is 26.0 Å². The summed E-state index contributed by atoms with van der Waals surface area (Å²) >= 11 is 0. The van der Waals surface area contributed by atoms with Crippen LogP contribution >= 0.6 is 0 Å². The first-order valence-corrected chi connectivity index (χ1v) is 5.39. The van der Waals surface area contributed by atoms with Crippen LogP contribution in [0.15, 0.2) is 0 Å². The molecule has 0 fully saturated rings. The number of hydrogen-bond acceptors (Lipinski definition) is 3. The van der Waals surface area contributed by atoms with Crippen LogP contribution in [0.5, 0.6) is 0 Å². The molecule has 0 spiro atoms. The van der Waals surface area contributed by atoms with Gasteiger partial charge < -0.3 is 5.73 Å². The molecule has 0 saturated heterocycles. The van der Waals surface area contributed by atoms with Crippen LogP contribution in [0.25, 0.3) is 0 Å². The summed E-state index contributed by atoms with van der Waals surface area (Å²) in [6, 6.07) is 0.306. The lowest BCUT2D eigenvalue weighted by molar-refractivity contribution is 0.0994. The van der Waals surface area contributed by atoms with Crippen LogP contribution in [0.2, 0.25) is 0 Å². The summed E-state index contributed by atoms with van der Waals surface area (Å²) in [5.74, 6) is -0.496. The minimum absolute atomic E-state index is 0.306. The maximum absolute atomic E-state index is 11.1. The number of rotatable bonds is 5. The van der Waals surface area contributed by atoms with Crippen molar-refractivity contribution in [2.24, 2.45) is 5.73 Å². The summed E-state index contributed by atoms with van der Waals surface area (Å²) < 4.78 is 1.83. The Bertz CT molecular complexity index is 341. The fourth-order valence-corrected chi connectivity index (χ4v) is 1.76. The molecule has 0 atom stereocenters. The lowest BCUT2D eigenvalue weighted by atomic mass is 10.1. The first-order chi connectivity index (χ1) is 7.15. The van der Waals surface area contributed by atoms with Crippen LogP contribution in [0, 0.1) is 0 Å². The summed E-state index contributed by atoms with van der Waals surface area (Å²) in [5, 5.41) is 7.86. The number of primary amides is 1. The molecule has 0 aliphatic rings. The van der Waals surface area contributed by atoms with Gasteiger partial charge in [0.2, 0.25) is 0 Å². The second kappa shape index (κ2) is 4.91. The number of hydrogen-bond donors (Lipinski definition) is 1. The predicted octanol–water partition coefficient (Wildman–Crippen LogP) is 1.30. The monoisotopic (exact) mass is 210 g/mol. The van der Waals surface area contributed by atoms with Crippen molar-refractivity contribution >= 4 is 5.91 Å². The van der Waals surface area contributed by atoms with E-state index >= 15 is 0 Å². The second-order valence-corrected chi connectivity index (χ2v) is 3.52. The molecule has 5 nitrogen and oxygen atoms in total. The largest absolute Gasteiger partial charge is 0.364 e. The van der Waals surface area contributed by atoms with Gasteiger partial charge in [-0.05, 0) is 19.3 Å². The van der Waals surface area contributed by atoms with Gasteiger partial charge in [-0.15, -0.1) is 5.10 Å². The fraction of sp³-hybridized carbons (Fsp3) is 0.700. The zero-order chi connectivity index (χ0) is 11.4. The molecular formula is C10H18N4O. The third-order valence-electron chi connectivity index (χ3n) is 2.65. The van der Waals surface area contributed by atoms with E-state index in [4.69, 9.17) is 5.73 Å². The van der Waals surface area contributed by atoms with Crippen molar-refractivity contribution in [3.63, 3.8) is 0 Å². The molecule has 0 saturated carbocycles. The Balaban J connectivity index is 3.13. The van der Waals surface area contributed by atoms with E-state index in [0.29, 0.717) is 11.7 Å². The van der Waals surface area contributed by atoms with Crippen molar-refractivity contribution in [2.45, 2.75) is 46.1 Å². The summed E-state index contributed by atoms with van der Waals surface area (Å²) in [6.07, 6.45) is 2.68. The molecule has 15 heavy (non-hydrogen) atoms. The summed E-state index contributed by atoms with van der Waals surface area (Å²) in [6.45, 7) is 6.17. The van der Waals surface area contributed by atoms with Crippen molar-refractivity contribution in [1.82, 2.24) is 15.0 Å². The molecule has 1 aromatic rings. The Labute approximate surface area is 89.6 Å². The molecule has 0 aliphatic heterocycles. The normalized spacial score (nSPS) is 10.9. The zero-order valence-corrected chi connectivity index (χ0v) is 9.53. The van der Waals surface area contributed by atoms with E-state index in [-0.39, 0.29) is 0 Å². The third kappa shape index (κ3) is 2.16. The van der Waals surface area contributed by atoms with Gasteiger partial charge in [0.05, 0.1) is 11.7 Å². The van der Waals surface area contributed by atoms with Crippen molar-refractivity contribution in [3.05, 3.63) is 11.4 Å².